The first kappa shape index (κ1) is 31.3. The smallest absolute Gasteiger partial charge is 0.145 e. The number of nitriles is 1. The topological polar surface area (TPSA) is 50.8 Å². The first-order valence-electron chi connectivity index (χ1n) is 18.8. The molecule has 2 heterocycles. The second-order valence-electron chi connectivity index (χ2n) is 14.6. The van der Waals surface area contributed by atoms with Crippen molar-refractivity contribution in [1.29, 1.82) is 5.26 Å². The van der Waals surface area contributed by atoms with Gasteiger partial charge in [0.15, 0.2) is 0 Å². The molecule has 11 rings (SSSR count). The van der Waals surface area contributed by atoms with Crippen LogP contribution in [-0.2, 0) is 5.41 Å². The SMILES string of the molecule is N#Cc1ccc(C2C=C3C(=CC2)c2ccc(-c4ccc(-c5nc6ccccc6n5-c5ccccc5)cc4)cc2C32c3ccccc3Oc3ccccc32)cc1. The molecule has 0 N–H and O–H groups in total. The number of hydrogen-bond donors (Lipinski definition) is 0. The summed E-state index contributed by atoms with van der Waals surface area (Å²) in [5, 5.41) is 9.48. The molecule has 0 saturated heterocycles. The molecule has 1 aromatic heterocycles. The van der Waals surface area contributed by atoms with Crippen LogP contribution >= 0.6 is 0 Å². The van der Waals surface area contributed by atoms with E-state index in [1.165, 1.54) is 27.8 Å². The molecule has 0 bridgehead atoms. The molecule has 1 atom stereocenters. The van der Waals surface area contributed by atoms with Crippen LogP contribution in [0.4, 0.5) is 0 Å². The Labute approximate surface area is 319 Å². The number of nitrogens with zero attached hydrogens (tertiary/aromatic N) is 3. The van der Waals surface area contributed by atoms with Gasteiger partial charge in [-0.1, -0.05) is 127 Å². The van der Waals surface area contributed by atoms with E-state index in [4.69, 9.17) is 9.72 Å². The summed E-state index contributed by atoms with van der Waals surface area (Å²) in [5.41, 5.74) is 15.2. The van der Waals surface area contributed by atoms with Crippen LogP contribution in [0.1, 0.15) is 45.7 Å². The van der Waals surface area contributed by atoms with Gasteiger partial charge in [0.2, 0.25) is 0 Å². The summed E-state index contributed by atoms with van der Waals surface area (Å²) in [6.07, 6.45) is 5.81. The van der Waals surface area contributed by atoms with E-state index in [2.05, 4.69) is 168 Å². The van der Waals surface area contributed by atoms with Crippen molar-refractivity contribution in [1.82, 2.24) is 9.55 Å². The fourth-order valence-electron chi connectivity index (χ4n) is 9.19. The van der Waals surface area contributed by atoms with E-state index in [1.807, 2.05) is 24.3 Å². The highest BCUT2D eigenvalue weighted by atomic mass is 16.5. The Kier molecular flexibility index (Phi) is 6.93. The second kappa shape index (κ2) is 12.2. The van der Waals surface area contributed by atoms with Crippen molar-refractivity contribution in [2.75, 3.05) is 0 Å². The predicted octanol–water partition coefficient (Wildman–Crippen LogP) is 12.2. The van der Waals surface area contributed by atoms with Gasteiger partial charge in [-0.2, -0.15) is 5.26 Å². The van der Waals surface area contributed by atoms with Gasteiger partial charge in [0.1, 0.15) is 17.3 Å². The van der Waals surface area contributed by atoms with E-state index in [0.29, 0.717) is 5.56 Å². The summed E-state index contributed by atoms with van der Waals surface area (Å²) >= 11 is 0. The Bertz CT molecular complexity index is 2880. The van der Waals surface area contributed by atoms with Crippen LogP contribution in [0.25, 0.3) is 44.8 Å². The zero-order valence-corrected chi connectivity index (χ0v) is 29.9. The average molecular weight is 704 g/mol. The zero-order valence-electron chi connectivity index (χ0n) is 29.9. The third kappa shape index (κ3) is 4.67. The van der Waals surface area contributed by atoms with Crippen molar-refractivity contribution >= 4 is 16.6 Å². The molecule has 2 aliphatic carbocycles. The minimum Gasteiger partial charge on any atom is -0.457 e. The first-order chi connectivity index (χ1) is 27.2. The maximum absolute atomic E-state index is 9.48. The highest BCUT2D eigenvalue weighted by Crippen LogP contribution is 2.64. The Hall–Kier alpha value is -7.22. The quantitative estimate of drug-likeness (QED) is 0.183. The molecule has 4 heteroatoms. The number of ether oxygens (including phenoxy) is 1. The van der Waals surface area contributed by atoms with Gasteiger partial charge < -0.3 is 4.74 Å². The lowest BCUT2D eigenvalue weighted by atomic mass is 9.64. The average Bonchev–Trinajstić information content (AvgIpc) is 3.78. The van der Waals surface area contributed by atoms with Crippen molar-refractivity contribution in [3.05, 3.63) is 221 Å². The minimum atomic E-state index is -0.575. The summed E-state index contributed by atoms with van der Waals surface area (Å²) in [5.74, 6) is 2.85. The number of aromatic nitrogens is 2. The molecular formula is C51H33N3O. The molecule has 55 heavy (non-hydrogen) atoms. The Morgan fingerprint density at radius 3 is 2.04 bits per heavy atom. The Morgan fingerprint density at radius 2 is 1.29 bits per heavy atom. The first-order valence-corrected chi connectivity index (χ1v) is 18.8. The monoisotopic (exact) mass is 703 g/mol. The highest BCUT2D eigenvalue weighted by molar-refractivity contribution is 5.97. The van der Waals surface area contributed by atoms with Crippen molar-refractivity contribution in [3.63, 3.8) is 0 Å². The van der Waals surface area contributed by atoms with Crippen LogP contribution in [0.15, 0.2) is 188 Å². The standard InChI is InChI=1S/C51H33N3O/c52-32-33-18-20-34(21-19-33)37-26-28-40-41-29-27-38(31-45(41)51(44(40)30-37)42-12-4-8-16-48(42)55-49-17-9-5-13-43(49)51)35-22-24-36(25-23-35)50-53-46-14-6-7-15-47(46)54(50)39-10-2-1-3-11-39/h1-25,27-31,37H,26H2. The third-order valence-electron chi connectivity index (χ3n) is 11.7. The molecule has 3 aliphatic rings. The number of para-hydroxylation sites is 5. The number of allylic oxidation sites excluding steroid dienone is 4. The fourth-order valence-corrected chi connectivity index (χ4v) is 9.19. The lowest BCUT2D eigenvalue weighted by molar-refractivity contribution is 0.436. The van der Waals surface area contributed by atoms with Crippen LogP contribution in [0.5, 0.6) is 11.5 Å². The minimum absolute atomic E-state index is 0.173. The van der Waals surface area contributed by atoms with Gasteiger partial charge in [0.25, 0.3) is 0 Å². The Morgan fingerprint density at radius 1 is 0.636 bits per heavy atom. The molecule has 0 saturated carbocycles. The van der Waals surface area contributed by atoms with Gasteiger partial charge in [-0.15, -0.1) is 0 Å². The van der Waals surface area contributed by atoms with E-state index in [9.17, 15) is 5.26 Å². The fraction of sp³-hybridized carbons (Fsp3) is 0.0588. The van der Waals surface area contributed by atoms with Gasteiger partial charge in [0, 0.05) is 28.3 Å². The van der Waals surface area contributed by atoms with Crippen LogP contribution in [-0.4, -0.2) is 9.55 Å². The molecule has 0 fully saturated rings. The van der Waals surface area contributed by atoms with Crippen LogP contribution in [0.2, 0.25) is 0 Å². The van der Waals surface area contributed by atoms with Gasteiger partial charge in [-0.25, -0.2) is 4.98 Å². The molecule has 7 aromatic carbocycles. The van der Waals surface area contributed by atoms with Gasteiger partial charge in [0.05, 0.1) is 28.1 Å². The van der Waals surface area contributed by atoms with Crippen LogP contribution in [0.3, 0.4) is 0 Å². The van der Waals surface area contributed by atoms with Crippen molar-refractivity contribution in [3.8, 4) is 45.8 Å². The number of rotatable bonds is 4. The molecule has 0 amide bonds. The summed E-state index contributed by atoms with van der Waals surface area (Å²) in [6.45, 7) is 0. The van der Waals surface area contributed by atoms with E-state index < -0.39 is 5.41 Å². The summed E-state index contributed by atoms with van der Waals surface area (Å²) in [6, 6.07) is 62.1. The van der Waals surface area contributed by atoms with E-state index in [1.54, 1.807) is 0 Å². The lowest BCUT2D eigenvalue weighted by Gasteiger charge is -2.40. The zero-order chi connectivity index (χ0) is 36.5. The number of hydrogen-bond acceptors (Lipinski definition) is 3. The second-order valence-corrected chi connectivity index (χ2v) is 14.6. The number of fused-ring (bicyclic) bond motifs is 10. The van der Waals surface area contributed by atoms with Crippen molar-refractivity contribution < 1.29 is 4.74 Å². The summed E-state index contributed by atoms with van der Waals surface area (Å²) in [4.78, 5) is 5.11. The predicted molar refractivity (Wildman–Crippen MR) is 219 cm³/mol. The molecule has 1 spiro atoms. The van der Waals surface area contributed by atoms with Gasteiger partial charge in [-0.05, 0) is 100.0 Å². The summed E-state index contributed by atoms with van der Waals surface area (Å²) < 4.78 is 8.89. The van der Waals surface area contributed by atoms with Crippen molar-refractivity contribution in [2.45, 2.75) is 17.8 Å². The maximum atomic E-state index is 9.48. The normalized spacial score (nSPS) is 15.9. The molecule has 0 radical (unpaired) electrons. The molecule has 258 valence electrons. The molecule has 4 nitrogen and oxygen atoms in total. The maximum Gasteiger partial charge on any atom is 0.145 e. The van der Waals surface area contributed by atoms with Crippen molar-refractivity contribution in [2.24, 2.45) is 0 Å². The van der Waals surface area contributed by atoms with Crippen LogP contribution < -0.4 is 4.74 Å². The summed E-state index contributed by atoms with van der Waals surface area (Å²) in [7, 11) is 0. The highest BCUT2D eigenvalue weighted by Gasteiger charge is 2.53. The van der Waals surface area contributed by atoms with Crippen LogP contribution in [0, 0.1) is 11.3 Å². The van der Waals surface area contributed by atoms with E-state index in [0.717, 1.165) is 68.3 Å². The Balaban J connectivity index is 1.08. The lowest BCUT2D eigenvalue weighted by Crippen LogP contribution is -2.33. The molecule has 1 unspecified atom stereocenters. The molecule has 1 aliphatic heterocycles. The van der Waals surface area contributed by atoms with E-state index in [-0.39, 0.29) is 5.92 Å². The molecular weight excluding hydrogens is 671 g/mol. The van der Waals surface area contributed by atoms with Gasteiger partial charge in [-0.3, -0.25) is 4.57 Å². The molecule has 8 aromatic rings. The largest absolute Gasteiger partial charge is 0.457 e. The van der Waals surface area contributed by atoms with Gasteiger partial charge >= 0.3 is 0 Å². The third-order valence-corrected chi connectivity index (χ3v) is 11.7. The number of benzene rings is 7. The number of imidazole rings is 1. The van der Waals surface area contributed by atoms with E-state index >= 15 is 0 Å².